The number of aliphatic carboxylic acids is 2. The topological polar surface area (TPSA) is 178 Å². The van der Waals surface area contributed by atoms with Gasteiger partial charge in [-0.1, -0.05) is 30.3 Å². The van der Waals surface area contributed by atoms with E-state index in [4.69, 9.17) is 30.5 Å². The van der Waals surface area contributed by atoms with Crippen LogP contribution in [-0.4, -0.2) is 65.5 Å². The zero-order valence-corrected chi connectivity index (χ0v) is 19.8. The van der Waals surface area contributed by atoms with Crippen molar-refractivity contribution < 1.29 is 24.6 Å². The van der Waals surface area contributed by atoms with Crippen LogP contribution in [0.2, 0.25) is 0 Å². The minimum atomic E-state index is -0.833. The first-order valence-electron chi connectivity index (χ1n) is 11.1. The summed E-state index contributed by atoms with van der Waals surface area (Å²) in [5, 5.41) is 22.7. The molecule has 0 saturated carbocycles. The normalized spacial score (nSPS) is 12.2. The van der Waals surface area contributed by atoms with Crippen LogP contribution in [0.15, 0.2) is 36.5 Å². The Morgan fingerprint density at radius 2 is 1.71 bits per heavy atom. The Labute approximate surface area is 202 Å². The molecule has 0 spiro atoms. The summed E-state index contributed by atoms with van der Waals surface area (Å²) in [5.41, 5.74) is 7.35. The predicted molar refractivity (Wildman–Crippen MR) is 127 cm³/mol. The monoisotopic (exact) mass is 485 g/mol. The molecule has 1 aliphatic rings. The number of carboxylic acids is 2. The van der Waals surface area contributed by atoms with Crippen LogP contribution in [0.3, 0.4) is 0 Å². The highest BCUT2D eigenvalue weighted by molar-refractivity contribution is 5.75. The summed E-state index contributed by atoms with van der Waals surface area (Å²) < 4.78 is 4.01. The lowest BCUT2D eigenvalue weighted by Gasteiger charge is -2.04. The molecule has 0 aliphatic carbocycles. The van der Waals surface area contributed by atoms with Crippen LogP contribution in [0, 0.1) is 0 Å². The number of fused-ring (bicyclic) bond motifs is 1. The van der Waals surface area contributed by atoms with Gasteiger partial charge in [-0.25, -0.2) is 14.6 Å². The van der Waals surface area contributed by atoms with Gasteiger partial charge in [0.2, 0.25) is 5.91 Å². The number of rotatable bonds is 6. The SMILES string of the molecule is CC(=O)O.CC(=O)O.NC(=O)Cc1nc(-c2cn3c(n2)CCNCC3)n(CCc2ccccc2)n1. The lowest BCUT2D eigenvalue weighted by atomic mass is 10.1. The fourth-order valence-corrected chi connectivity index (χ4v) is 3.32. The molecule has 4 rings (SSSR count). The minimum absolute atomic E-state index is 0.0306. The summed E-state index contributed by atoms with van der Waals surface area (Å²) in [7, 11) is 0. The molecular weight excluding hydrogens is 454 g/mol. The number of imidazole rings is 1. The quantitative estimate of drug-likeness (QED) is 0.392. The van der Waals surface area contributed by atoms with Gasteiger partial charge in [0, 0.05) is 52.6 Å². The Balaban J connectivity index is 0.000000473. The maximum absolute atomic E-state index is 11.3. The molecule has 0 bridgehead atoms. The summed E-state index contributed by atoms with van der Waals surface area (Å²) >= 11 is 0. The molecule has 2 aromatic heterocycles. The molecule has 3 heterocycles. The highest BCUT2D eigenvalue weighted by Crippen LogP contribution is 2.19. The van der Waals surface area contributed by atoms with E-state index in [-0.39, 0.29) is 6.42 Å². The molecule has 5 N–H and O–H groups in total. The molecule has 188 valence electrons. The summed E-state index contributed by atoms with van der Waals surface area (Å²) in [6.45, 7) is 5.56. The van der Waals surface area contributed by atoms with Gasteiger partial charge >= 0.3 is 0 Å². The Bertz CT molecular complexity index is 1080. The second-order valence-corrected chi connectivity index (χ2v) is 7.73. The molecular formula is C23H31N7O5. The predicted octanol–water partition coefficient (Wildman–Crippen LogP) is 0.740. The van der Waals surface area contributed by atoms with E-state index in [2.05, 4.69) is 32.1 Å². The molecule has 12 nitrogen and oxygen atoms in total. The summed E-state index contributed by atoms with van der Waals surface area (Å²) in [4.78, 5) is 38.6. The van der Waals surface area contributed by atoms with Crippen LogP contribution in [0.1, 0.15) is 31.1 Å². The number of aromatic nitrogens is 5. The van der Waals surface area contributed by atoms with Gasteiger partial charge in [0.1, 0.15) is 11.5 Å². The van der Waals surface area contributed by atoms with Gasteiger partial charge in [0.15, 0.2) is 11.6 Å². The molecule has 0 fully saturated rings. The Kier molecular flexibility index (Phi) is 10.6. The van der Waals surface area contributed by atoms with E-state index in [1.54, 1.807) is 0 Å². The van der Waals surface area contributed by atoms with Gasteiger partial charge in [-0.3, -0.25) is 14.4 Å². The molecule has 0 radical (unpaired) electrons. The number of nitrogens with zero attached hydrogens (tertiary/aromatic N) is 5. The molecule has 1 aliphatic heterocycles. The highest BCUT2D eigenvalue weighted by Gasteiger charge is 2.19. The van der Waals surface area contributed by atoms with Crippen molar-refractivity contribution in [1.82, 2.24) is 29.6 Å². The number of amides is 1. The number of primary amides is 1. The smallest absolute Gasteiger partial charge is 0.300 e. The maximum atomic E-state index is 11.3. The number of carbonyl (C=O) groups is 3. The Hall–Kier alpha value is -4.06. The van der Waals surface area contributed by atoms with Crippen molar-refractivity contribution in [2.45, 2.75) is 46.2 Å². The summed E-state index contributed by atoms with van der Waals surface area (Å²) in [5.74, 6) is 0.0728. The van der Waals surface area contributed by atoms with E-state index in [1.165, 1.54) is 5.56 Å². The molecule has 1 aromatic carbocycles. The van der Waals surface area contributed by atoms with Crippen molar-refractivity contribution >= 4 is 17.8 Å². The lowest BCUT2D eigenvalue weighted by molar-refractivity contribution is -0.135. The van der Waals surface area contributed by atoms with Crippen molar-refractivity contribution in [3.8, 4) is 11.5 Å². The molecule has 0 unspecified atom stereocenters. The number of nitrogens with one attached hydrogen (secondary N) is 1. The molecule has 3 aromatic rings. The van der Waals surface area contributed by atoms with Gasteiger partial charge < -0.3 is 25.8 Å². The number of carboxylic acid groups (broad SMARTS) is 2. The van der Waals surface area contributed by atoms with E-state index in [0.29, 0.717) is 18.2 Å². The molecule has 0 atom stereocenters. The maximum Gasteiger partial charge on any atom is 0.300 e. The van der Waals surface area contributed by atoms with Crippen molar-refractivity contribution in [3.05, 3.63) is 53.7 Å². The van der Waals surface area contributed by atoms with Crippen LogP contribution in [0.5, 0.6) is 0 Å². The van der Waals surface area contributed by atoms with Gasteiger partial charge in [0.25, 0.3) is 11.9 Å². The van der Waals surface area contributed by atoms with Crippen LogP contribution in [0.4, 0.5) is 0 Å². The standard InChI is InChI=1S/C19H23N7O.2C2H4O2/c20-16(27)12-17-23-19(15-13-25-11-9-21-8-6-18(25)22-15)26(24-17)10-7-14-4-2-1-3-5-14;2*1-2(3)4/h1-5,13,21H,6-12H2,(H2,20,27);2*1H3,(H,3,4). The van der Waals surface area contributed by atoms with Crippen molar-refractivity contribution in [1.29, 1.82) is 0 Å². The number of nitrogens with two attached hydrogens (primary N) is 1. The molecule has 12 heteroatoms. The zero-order valence-electron chi connectivity index (χ0n) is 19.8. The van der Waals surface area contributed by atoms with Gasteiger partial charge in [-0.15, -0.1) is 0 Å². The second kappa shape index (κ2) is 13.6. The van der Waals surface area contributed by atoms with Crippen LogP contribution in [-0.2, 0) is 46.7 Å². The fraction of sp³-hybridized carbons (Fsp3) is 0.391. The van der Waals surface area contributed by atoms with Crippen molar-refractivity contribution in [2.75, 3.05) is 13.1 Å². The fourth-order valence-electron chi connectivity index (χ4n) is 3.32. The number of hydrogen-bond acceptors (Lipinski definition) is 7. The van der Waals surface area contributed by atoms with E-state index < -0.39 is 17.8 Å². The number of aryl methyl sites for hydroxylation is 2. The van der Waals surface area contributed by atoms with Crippen molar-refractivity contribution in [2.24, 2.45) is 5.73 Å². The van der Waals surface area contributed by atoms with Crippen LogP contribution >= 0.6 is 0 Å². The van der Waals surface area contributed by atoms with Crippen molar-refractivity contribution in [3.63, 3.8) is 0 Å². The third-order valence-electron chi connectivity index (χ3n) is 4.65. The first kappa shape index (κ1) is 27.2. The highest BCUT2D eigenvalue weighted by atomic mass is 16.4. The summed E-state index contributed by atoms with van der Waals surface area (Å²) in [6.07, 6.45) is 3.76. The van der Waals surface area contributed by atoms with Crippen LogP contribution < -0.4 is 11.1 Å². The Morgan fingerprint density at radius 3 is 2.34 bits per heavy atom. The molecule has 0 saturated heterocycles. The third-order valence-corrected chi connectivity index (χ3v) is 4.65. The number of benzene rings is 1. The van der Waals surface area contributed by atoms with E-state index >= 15 is 0 Å². The molecule has 1 amide bonds. The average molecular weight is 486 g/mol. The van der Waals surface area contributed by atoms with Gasteiger partial charge in [-0.2, -0.15) is 5.10 Å². The van der Waals surface area contributed by atoms with Gasteiger partial charge in [-0.05, 0) is 12.0 Å². The third kappa shape index (κ3) is 9.76. The zero-order chi connectivity index (χ0) is 25.8. The van der Waals surface area contributed by atoms with E-state index in [9.17, 15) is 4.79 Å². The molecule has 35 heavy (non-hydrogen) atoms. The lowest BCUT2D eigenvalue weighted by Crippen LogP contribution is -2.17. The van der Waals surface area contributed by atoms with Gasteiger partial charge in [0.05, 0.1) is 6.42 Å². The largest absolute Gasteiger partial charge is 0.481 e. The first-order valence-corrected chi connectivity index (χ1v) is 11.1. The number of carbonyl (C=O) groups excluding carboxylic acids is 1. The number of hydrogen-bond donors (Lipinski definition) is 4. The first-order chi connectivity index (χ1) is 16.7. The summed E-state index contributed by atoms with van der Waals surface area (Å²) in [6, 6.07) is 10.2. The Morgan fingerprint density at radius 1 is 1.06 bits per heavy atom. The van der Waals surface area contributed by atoms with Crippen LogP contribution in [0.25, 0.3) is 11.5 Å². The average Bonchev–Trinajstić information content (AvgIpc) is 3.28. The van der Waals surface area contributed by atoms with E-state index in [1.807, 2.05) is 29.1 Å². The minimum Gasteiger partial charge on any atom is -0.481 e. The van der Waals surface area contributed by atoms with E-state index in [0.717, 1.165) is 57.8 Å². The second-order valence-electron chi connectivity index (χ2n) is 7.73.